The zero-order chi connectivity index (χ0) is 9.84. The Kier molecular flexibility index (Phi) is 2.55. The molecule has 1 rings (SSSR count). The minimum Gasteiger partial charge on any atom is -0.489 e. The summed E-state index contributed by atoms with van der Waals surface area (Å²) in [4.78, 5) is 10.4. The van der Waals surface area contributed by atoms with Gasteiger partial charge >= 0.3 is 0 Å². The highest BCUT2D eigenvalue weighted by atomic mass is 16.5. The van der Waals surface area contributed by atoms with Gasteiger partial charge in [0.15, 0.2) is 11.6 Å². The van der Waals surface area contributed by atoms with Gasteiger partial charge in [0, 0.05) is 6.20 Å². The first-order valence-electron chi connectivity index (χ1n) is 3.73. The van der Waals surface area contributed by atoms with Crippen LogP contribution in [-0.4, -0.2) is 17.6 Å². The predicted octanol–water partition coefficient (Wildman–Crippen LogP) is 0.379. The molecule has 1 aromatic rings. The van der Waals surface area contributed by atoms with Gasteiger partial charge in [-0.25, -0.2) is 0 Å². The molecule has 0 saturated carbocycles. The van der Waals surface area contributed by atoms with Crippen molar-refractivity contribution in [2.75, 3.05) is 12.3 Å². The maximum absolute atomic E-state index is 10.4. The largest absolute Gasteiger partial charge is 0.489 e. The van der Waals surface area contributed by atoms with Gasteiger partial charge in [-0.1, -0.05) is 0 Å². The normalized spacial score (nSPS) is 9.23. The van der Waals surface area contributed by atoms with E-state index in [-0.39, 0.29) is 17.1 Å². The van der Waals surface area contributed by atoms with Crippen LogP contribution in [0.15, 0.2) is 6.20 Å². The van der Waals surface area contributed by atoms with Gasteiger partial charge in [-0.3, -0.25) is 9.36 Å². The Morgan fingerprint density at radius 2 is 2.54 bits per heavy atom. The Morgan fingerprint density at radius 1 is 1.85 bits per heavy atom. The molecule has 5 heteroatoms. The molecule has 13 heavy (non-hydrogen) atoms. The number of carbonyl (C=O) groups excluding carboxylic acids is 1. The molecule has 0 bridgehead atoms. The second kappa shape index (κ2) is 3.63. The number of ether oxygens (including phenoxy) is 1. The third kappa shape index (κ3) is 1.47. The molecule has 0 aliphatic rings. The number of anilines is 1. The van der Waals surface area contributed by atoms with Gasteiger partial charge in [-0.05, 0) is 6.92 Å². The molecule has 0 aromatic carbocycles. The molecule has 0 aliphatic carbocycles. The van der Waals surface area contributed by atoms with E-state index in [4.69, 9.17) is 15.7 Å². The van der Waals surface area contributed by atoms with Gasteiger partial charge in [0.2, 0.25) is 6.41 Å². The Morgan fingerprint density at radius 3 is 3.00 bits per heavy atom. The second-order valence-electron chi connectivity index (χ2n) is 2.31. The fraction of sp³-hybridized carbons (Fsp3) is 0.250. The van der Waals surface area contributed by atoms with Gasteiger partial charge in [-0.2, -0.15) is 5.26 Å². The zero-order valence-corrected chi connectivity index (χ0v) is 7.15. The SMILES string of the molecule is CCOc1c(C#N)cn(C=O)c1N. The first-order valence-corrected chi connectivity index (χ1v) is 3.73. The van der Waals surface area contributed by atoms with E-state index in [2.05, 4.69) is 0 Å². The van der Waals surface area contributed by atoms with Crippen molar-refractivity contribution in [2.24, 2.45) is 0 Å². The summed E-state index contributed by atoms with van der Waals surface area (Å²) in [6, 6.07) is 1.89. The summed E-state index contributed by atoms with van der Waals surface area (Å²) in [6.45, 7) is 2.18. The number of hydrogen-bond acceptors (Lipinski definition) is 4. The monoisotopic (exact) mass is 179 g/mol. The molecule has 0 radical (unpaired) electrons. The van der Waals surface area contributed by atoms with Crippen LogP contribution >= 0.6 is 0 Å². The first-order chi connectivity index (χ1) is 6.24. The molecule has 0 fully saturated rings. The van der Waals surface area contributed by atoms with Crippen LogP contribution in [0.1, 0.15) is 12.5 Å². The zero-order valence-electron chi connectivity index (χ0n) is 7.15. The van der Waals surface area contributed by atoms with Crippen molar-refractivity contribution in [1.82, 2.24) is 4.57 Å². The van der Waals surface area contributed by atoms with Crippen molar-refractivity contribution in [3.05, 3.63) is 11.8 Å². The lowest BCUT2D eigenvalue weighted by Gasteiger charge is -2.01. The maximum Gasteiger partial charge on any atom is 0.219 e. The Hall–Kier alpha value is -1.96. The third-order valence-corrected chi connectivity index (χ3v) is 1.55. The first kappa shape index (κ1) is 9.13. The molecule has 0 saturated heterocycles. The second-order valence-corrected chi connectivity index (χ2v) is 2.31. The molecule has 1 heterocycles. The molecule has 5 nitrogen and oxygen atoms in total. The average Bonchev–Trinajstić information content (AvgIpc) is 2.45. The van der Waals surface area contributed by atoms with Crippen LogP contribution in [0.25, 0.3) is 0 Å². The lowest BCUT2D eigenvalue weighted by atomic mass is 10.3. The topological polar surface area (TPSA) is 81.0 Å². The number of nitrogens with two attached hydrogens (primary N) is 1. The highest BCUT2D eigenvalue weighted by Crippen LogP contribution is 2.27. The van der Waals surface area contributed by atoms with Crippen LogP contribution < -0.4 is 10.5 Å². The molecule has 0 atom stereocenters. The molecule has 0 amide bonds. The fourth-order valence-corrected chi connectivity index (χ4v) is 0.985. The molecule has 1 aromatic heterocycles. The van der Waals surface area contributed by atoms with Gasteiger partial charge < -0.3 is 10.5 Å². The lowest BCUT2D eigenvalue weighted by Crippen LogP contribution is -2.01. The van der Waals surface area contributed by atoms with Crippen molar-refractivity contribution in [2.45, 2.75) is 6.92 Å². The van der Waals surface area contributed by atoms with Gasteiger partial charge in [0.25, 0.3) is 0 Å². The Balaban J connectivity index is 3.22. The van der Waals surface area contributed by atoms with Crippen molar-refractivity contribution in [3.8, 4) is 11.8 Å². The summed E-state index contributed by atoms with van der Waals surface area (Å²) in [6.07, 6.45) is 1.87. The number of nitrogens with zero attached hydrogens (tertiary/aromatic N) is 2. The Labute approximate surface area is 75.3 Å². The van der Waals surface area contributed by atoms with E-state index >= 15 is 0 Å². The smallest absolute Gasteiger partial charge is 0.219 e. The van der Waals surface area contributed by atoms with E-state index in [1.54, 1.807) is 6.92 Å². The Bertz CT molecular complexity index is 362. The number of carbonyl (C=O) groups is 1. The number of nitriles is 1. The highest BCUT2D eigenvalue weighted by Gasteiger charge is 2.13. The van der Waals surface area contributed by atoms with Crippen LogP contribution in [0.4, 0.5) is 5.82 Å². The lowest BCUT2D eigenvalue weighted by molar-refractivity contribution is 0.341. The number of nitrogen functional groups attached to an aromatic ring is 1. The summed E-state index contributed by atoms with van der Waals surface area (Å²) in [5, 5.41) is 8.66. The highest BCUT2D eigenvalue weighted by molar-refractivity contribution is 5.69. The minimum atomic E-state index is 0.161. The molecule has 0 spiro atoms. The van der Waals surface area contributed by atoms with Crippen molar-refractivity contribution < 1.29 is 9.53 Å². The molecule has 2 N–H and O–H groups in total. The van der Waals surface area contributed by atoms with E-state index in [0.29, 0.717) is 13.0 Å². The van der Waals surface area contributed by atoms with Crippen LogP contribution in [0.3, 0.4) is 0 Å². The number of hydrogen-bond donors (Lipinski definition) is 1. The molecule has 0 aliphatic heterocycles. The molecular formula is C8H9N3O2. The maximum atomic E-state index is 10.4. The van der Waals surface area contributed by atoms with E-state index in [0.717, 1.165) is 4.57 Å². The van der Waals surface area contributed by atoms with Crippen LogP contribution in [-0.2, 0) is 4.79 Å². The van der Waals surface area contributed by atoms with Crippen LogP contribution in [0.5, 0.6) is 5.75 Å². The van der Waals surface area contributed by atoms with Crippen LogP contribution in [0.2, 0.25) is 0 Å². The van der Waals surface area contributed by atoms with Gasteiger partial charge in [0.05, 0.1) is 6.61 Å². The number of rotatable bonds is 3. The molecule has 0 unspecified atom stereocenters. The standard InChI is InChI=1S/C8H9N3O2/c1-2-13-7-6(3-9)4-11(5-12)8(7)10/h4-5H,2,10H2,1H3. The number of aromatic nitrogens is 1. The summed E-state index contributed by atoms with van der Waals surface area (Å²) in [5.41, 5.74) is 5.80. The fourth-order valence-electron chi connectivity index (χ4n) is 0.985. The third-order valence-electron chi connectivity index (χ3n) is 1.55. The summed E-state index contributed by atoms with van der Waals surface area (Å²) in [5.74, 6) is 0.436. The van der Waals surface area contributed by atoms with E-state index < -0.39 is 0 Å². The van der Waals surface area contributed by atoms with Crippen molar-refractivity contribution >= 4 is 12.2 Å². The summed E-state index contributed by atoms with van der Waals surface area (Å²) < 4.78 is 6.23. The average molecular weight is 179 g/mol. The van der Waals surface area contributed by atoms with Gasteiger partial charge in [0.1, 0.15) is 11.6 Å². The minimum absolute atomic E-state index is 0.161. The van der Waals surface area contributed by atoms with Crippen molar-refractivity contribution in [1.29, 1.82) is 5.26 Å². The molecular weight excluding hydrogens is 170 g/mol. The van der Waals surface area contributed by atoms with E-state index in [1.807, 2.05) is 6.07 Å². The summed E-state index contributed by atoms with van der Waals surface area (Å²) in [7, 11) is 0. The summed E-state index contributed by atoms with van der Waals surface area (Å²) >= 11 is 0. The van der Waals surface area contributed by atoms with E-state index in [9.17, 15) is 4.79 Å². The van der Waals surface area contributed by atoms with E-state index in [1.165, 1.54) is 6.20 Å². The van der Waals surface area contributed by atoms with Crippen molar-refractivity contribution in [3.63, 3.8) is 0 Å². The predicted molar refractivity (Wildman–Crippen MR) is 46.9 cm³/mol. The molecule has 68 valence electrons. The van der Waals surface area contributed by atoms with Gasteiger partial charge in [-0.15, -0.1) is 0 Å². The quantitative estimate of drug-likeness (QED) is 0.680. The van der Waals surface area contributed by atoms with Crippen LogP contribution in [0, 0.1) is 11.3 Å².